The van der Waals surface area contributed by atoms with E-state index in [4.69, 9.17) is 0 Å². The van der Waals surface area contributed by atoms with Gasteiger partial charge in [-0.05, 0) is 42.2 Å². The Kier molecular flexibility index (Phi) is 4.34. The summed E-state index contributed by atoms with van der Waals surface area (Å²) in [6.45, 7) is 0. The van der Waals surface area contributed by atoms with Crippen LogP contribution in [0, 0.1) is 0 Å². The number of nitrogens with one attached hydrogen (secondary N) is 2. The van der Waals surface area contributed by atoms with Crippen molar-refractivity contribution in [2.75, 3.05) is 15.8 Å². The predicted octanol–water partition coefficient (Wildman–Crippen LogP) is 2.56. The van der Waals surface area contributed by atoms with Gasteiger partial charge in [-0.1, -0.05) is 30.3 Å². The lowest BCUT2D eigenvalue weighted by Crippen LogP contribution is -2.17. The number of carbonyl (C=O) groups is 1. The van der Waals surface area contributed by atoms with Crippen molar-refractivity contribution in [1.29, 1.82) is 0 Å². The highest BCUT2D eigenvalue weighted by molar-refractivity contribution is 7.92. The third kappa shape index (κ3) is 4.10. The number of anilines is 2. The van der Waals surface area contributed by atoms with Gasteiger partial charge in [0.2, 0.25) is 15.9 Å². The molecule has 0 fully saturated rings. The van der Waals surface area contributed by atoms with Gasteiger partial charge in [-0.2, -0.15) is 0 Å². The fourth-order valence-electron chi connectivity index (χ4n) is 2.63. The molecule has 0 saturated carbocycles. The van der Waals surface area contributed by atoms with Gasteiger partial charge in [0.25, 0.3) is 0 Å². The maximum atomic E-state index is 12.2. The minimum absolute atomic E-state index is 0.0656. The van der Waals surface area contributed by atoms with Crippen LogP contribution in [0.15, 0.2) is 48.5 Å². The van der Waals surface area contributed by atoms with Crippen molar-refractivity contribution in [3.8, 4) is 0 Å². The first kappa shape index (κ1) is 15.6. The van der Waals surface area contributed by atoms with E-state index < -0.39 is 10.0 Å². The van der Waals surface area contributed by atoms with Crippen LogP contribution < -0.4 is 10.0 Å². The molecule has 0 saturated heterocycles. The molecule has 1 aliphatic heterocycles. The van der Waals surface area contributed by atoms with Gasteiger partial charge in [0, 0.05) is 11.4 Å². The van der Waals surface area contributed by atoms with Crippen LogP contribution in [0.3, 0.4) is 0 Å². The van der Waals surface area contributed by atoms with Crippen LogP contribution in [0.2, 0.25) is 0 Å². The maximum Gasteiger partial charge on any atom is 0.232 e. The molecule has 0 bridgehead atoms. The van der Waals surface area contributed by atoms with Crippen LogP contribution in [0.1, 0.15) is 17.5 Å². The second kappa shape index (κ2) is 6.42. The molecule has 3 rings (SSSR count). The quantitative estimate of drug-likeness (QED) is 0.855. The Balaban J connectivity index is 1.58. The number of amides is 1. The summed E-state index contributed by atoms with van der Waals surface area (Å²) in [6.07, 6.45) is 1.58. The number of hydrogen-bond donors (Lipinski definition) is 2. The summed E-state index contributed by atoms with van der Waals surface area (Å²) in [5.74, 6) is -0.00115. The Hall–Kier alpha value is -2.34. The normalized spacial score (nSPS) is 13.5. The van der Waals surface area contributed by atoms with E-state index in [1.807, 2.05) is 30.3 Å². The average molecular weight is 330 g/mol. The molecule has 2 aromatic rings. The zero-order chi connectivity index (χ0) is 16.3. The molecule has 0 radical (unpaired) electrons. The second-order valence-electron chi connectivity index (χ2n) is 5.61. The molecule has 0 unspecified atom stereocenters. The molecule has 0 aliphatic carbocycles. The molecular weight excluding hydrogens is 312 g/mol. The molecule has 1 amide bonds. The van der Waals surface area contributed by atoms with E-state index >= 15 is 0 Å². The van der Waals surface area contributed by atoms with Crippen molar-refractivity contribution in [3.05, 3.63) is 59.7 Å². The zero-order valence-electron chi connectivity index (χ0n) is 12.6. The van der Waals surface area contributed by atoms with Gasteiger partial charge in [0.05, 0.1) is 12.2 Å². The third-order valence-corrected chi connectivity index (χ3v) is 5.10. The van der Waals surface area contributed by atoms with Crippen LogP contribution in [-0.2, 0) is 27.7 Å². The van der Waals surface area contributed by atoms with E-state index in [-0.39, 0.29) is 11.7 Å². The predicted molar refractivity (Wildman–Crippen MR) is 90.9 cm³/mol. The van der Waals surface area contributed by atoms with Crippen molar-refractivity contribution < 1.29 is 13.2 Å². The SMILES string of the molecule is O=C1Cc2cc(NS(=O)(=O)CCCc3ccccc3)ccc2N1. The van der Waals surface area contributed by atoms with Gasteiger partial charge in [-0.25, -0.2) is 8.42 Å². The van der Waals surface area contributed by atoms with Crippen LogP contribution in [-0.4, -0.2) is 20.1 Å². The summed E-state index contributed by atoms with van der Waals surface area (Å²) in [6, 6.07) is 14.9. The molecule has 0 spiro atoms. The summed E-state index contributed by atoms with van der Waals surface area (Å²) >= 11 is 0. The van der Waals surface area contributed by atoms with Gasteiger partial charge >= 0.3 is 0 Å². The number of carbonyl (C=O) groups excluding carboxylic acids is 1. The standard InChI is InChI=1S/C17H18N2O3S/c20-17-12-14-11-15(8-9-16(14)18-17)19-23(21,22)10-4-7-13-5-2-1-3-6-13/h1-3,5-6,8-9,11,19H,4,7,10,12H2,(H,18,20). The third-order valence-electron chi connectivity index (χ3n) is 3.73. The largest absolute Gasteiger partial charge is 0.326 e. The lowest BCUT2D eigenvalue weighted by molar-refractivity contribution is -0.115. The van der Waals surface area contributed by atoms with Crippen molar-refractivity contribution in [2.45, 2.75) is 19.3 Å². The first-order valence-corrected chi connectivity index (χ1v) is 9.14. The van der Waals surface area contributed by atoms with E-state index in [0.717, 1.165) is 23.2 Å². The first-order chi connectivity index (χ1) is 11.0. The highest BCUT2D eigenvalue weighted by Crippen LogP contribution is 2.26. The summed E-state index contributed by atoms with van der Waals surface area (Å²) < 4.78 is 26.9. The molecule has 0 aromatic heterocycles. The molecule has 23 heavy (non-hydrogen) atoms. The molecule has 0 atom stereocenters. The lowest BCUT2D eigenvalue weighted by atomic mass is 10.1. The topological polar surface area (TPSA) is 75.3 Å². The molecule has 2 aromatic carbocycles. The number of aryl methyl sites for hydroxylation is 1. The molecule has 1 heterocycles. The van der Waals surface area contributed by atoms with Gasteiger partial charge in [-0.15, -0.1) is 0 Å². The number of rotatable bonds is 6. The van der Waals surface area contributed by atoms with Crippen LogP contribution >= 0.6 is 0 Å². The van der Waals surface area contributed by atoms with E-state index in [2.05, 4.69) is 10.0 Å². The van der Waals surface area contributed by atoms with Crippen molar-refractivity contribution in [3.63, 3.8) is 0 Å². The molecule has 6 heteroatoms. The summed E-state index contributed by atoms with van der Waals surface area (Å²) in [5.41, 5.74) is 3.20. The summed E-state index contributed by atoms with van der Waals surface area (Å²) in [5, 5.41) is 2.72. The molecule has 5 nitrogen and oxygen atoms in total. The monoisotopic (exact) mass is 330 g/mol. The average Bonchev–Trinajstić information content (AvgIpc) is 2.87. The van der Waals surface area contributed by atoms with Crippen molar-refractivity contribution in [1.82, 2.24) is 0 Å². The number of benzene rings is 2. The number of sulfonamides is 1. The Morgan fingerprint density at radius 2 is 1.87 bits per heavy atom. The van der Waals surface area contributed by atoms with Gasteiger partial charge in [0.1, 0.15) is 0 Å². The maximum absolute atomic E-state index is 12.2. The molecule has 2 N–H and O–H groups in total. The first-order valence-electron chi connectivity index (χ1n) is 7.49. The Morgan fingerprint density at radius 1 is 1.09 bits per heavy atom. The minimum Gasteiger partial charge on any atom is -0.326 e. The Labute approximate surface area is 135 Å². The van der Waals surface area contributed by atoms with E-state index in [1.165, 1.54) is 0 Å². The minimum atomic E-state index is -3.39. The Bertz CT molecular complexity index is 817. The fraction of sp³-hybridized carbons (Fsp3) is 0.235. The highest BCUT2D eigenvalue weighted by atomic mass is 32.2. The smallest absolute Gasteiger partial charge is 0.232 e. The van der Waals surface area contributed by atoms with Crippen molar-refractivity contribution >= 4 is 27.3 Å². The van der Waals surface area contributed by atoms with Crippen LogP contribution in [0.25, 0.3) is 0 Å². The van der Waals surface area contributed by atoms with Crippen LogP contribution in [0.5, 0.6) is 0 Å². The second-order valence-corrected chi connectivity index (χ2v) is 7.45. The van der Waals surface area contributed by atoms with Gasteiger partial charge in [-0.3, -0.25) is 9.52 Å². The fourth-order valence-corrected chi connectivity index (χ4v) is 3.75. The highest BCUT2D eigenvalue weighted by Gasteiger charge is 2.18. The summed E-state index contributed by atoms with van der Waals surface area (Å²) in [4.78, 5) is 11.3. The molecular formula is C17H18N2O3S. The summed E-state index contributed by atoms with van der Waals surface area (Å²) in [7, 11) is -3.39. The lowest BCUT2D eigenvalue weighted by Gasteiger charge is -2.09. The van der Waals surface area contributed by atoms with E-state index in [0.29, 0.717) is 18.5 Å². The number of fused-ring (bicyclic) bond motifs is 1. The van der Waals surface area contributed by atoms with Gasteiger partial charge in [0.15, 0.2) is 0 Å². The number of hydrogen-bond acceptors (Lipinski definition) is 3. The zero-order valence-corrected chi connectivity index (χ0v) is 13.4. The molecule has 120 valence electrons. The molecule has 1 aliphatic rings. The van der Waals surface area contributed by atoms with E-state index in [1.54, 1.807) is 18.2 Å². The van der Waals surface area contributed by atoms with Gasteiger partial charge < -0.3 is 5.32 Å². The Morgan fingerprint density at radius 3 is 2.65 bits per heavy atom. The van der Waals surface area contributed by atoms with E-state index in [9.17, 15) is 13.2 Å². The van der Waals surface area contributed by atoms with Crippen LogP contribution in [0.4, 0.5) is 11.4 Å². The van der Waals surface area contributed by atoms with Crippen molar-refractivity contribution in [2.24, 2.45) is 0 Å².